The Morgan fingerprint density at radius 3 is 2.62 bits per heavy atom. The predicted molar refractivity (Wildman–Crippen MR) is 65.0 cm³/mol. The van der Waals surface area contributed by atoms with Crippen molar-refractivity contribution in [2.75, 3.05) is 13.1 Å². The minimum Gasteiger partial charge on any atom is -0.348 e. The van der Waals surface area contributed by atoms with E-state index in [-0.39, 0.29) is 0 Å². The summed E-state index contributed by atoms with van der Waals surface area (Å²) in [6.07, 6.45) is 2.26. The Balaban J connectivity index is 2.27. The minimum absolute atomic E-state index is 0.464. The highest BCUT2D eigenvalue weighted by Gasteiger charge is 2.16. The van der Waals surface area contributed by atoms with Gasteiger partial charge in [-0.2, -0.15) is 5.26 Å². The molecule has 0 saturated carbocycles. The Morgan fingerprint density at radius 2 is 2.00 bits per heavy atom. The van der Waals surface area contributed by atoms with Crippen molar-refractivity contribution in [2.24, 2.45) is 4.99 Å². The normalized spacial score (nSPS) is 16.2. The third-order valence-electron chi connectivity index (χ3n) is 2.58. The Kier molecular flexibility index (Phi) is 3.43. The average Bonchev–Trinajstić information content (AvgIpc) is 2.81. The van der Waals surface area contributed by atoms with Gasteiger partial charge in [0.05, 0.1) is 10.7 Å². The minimum atomic E-state index is 0.464. The molecule has 0 aromatic heterocycles. The molecule has 1 aliphatic rings. The maximum atomic E-state index is 9.07. The van der Waals surface area contributed by atoms with Crippen LogP contribution in [0.25, 0.3) is 0 Å². The summed E-state index contributed by atoms with van der Waals surface area (Å²) in [5, 5.41) is 9.65. The Hall–Kier alpha value is -1.53. The van der Waals surface area contributed by atoms with Gasteiger partial charge in [0.1, 0.15) is 6.07 Å². The van der Waals surface area contributed by atoms with Crippen molar-refractivity contribution >= 4 is 23.1 Å². The van der Waals surface area contributed by atoms with Gasteiger partial charge in [-0.25, -0.2) is 4.99 Å². The molecule has 1 aromatic rings. The van der Waals surface area contributed by atoms with E-state index in [2.05, 4.69) is 11.1 Å². The molecule has 3 nitrogen and oxygen atoms in total. The number of hydrogen-bond donors (Lipinski definition) is 0. The monoisotopic (exact) mass is 233 g/mol. The lowest BCUT2D eigenvalue weighted by Gasteiger charge is -2.14. The number of para-hydroxylation sites is 1. The molecule has 0 spiro atoms. The van der Waals surface area contributed by atoms with Gasteiger partial charge in [0.25, 0.3) is 0 Å². The van der Waals surface area contributed by atoms with Gasteiger partial charge in [0.15, 0.2) is 0 Å². The van der Waals surface area contributed by atoms with Crippen molar-refractivity contribution in [3.63, 3.8) is 0 Å². The molecule has 82 valence electrons. The number of benzene rings is 1. The van der Waals surface area contributed by atoms with Crippen LogP contribution in [0.2, 0.25) is 5.02 Å². The third kappa shape index (κ3) is 2.34. The summed E-state index contributed by atoms with van der Waals surface area (Å²) in [5.41, 5.74) is 0.660. The van der Waals surface area contributed by atoms with Gasteiger partial charge in [0.2, 0.25) is 5.84 Å². The molecule has 0 aliphatic carbocycles. The third-order valence-corrected chi connectivity index (χ3v) is 2.90. The Bertz CT molecular complexity index is 442. The lowest BCUT2D eigenvalue weighted by atomic mass is 10.3. The van der Waals surface area contributed by atoms with Crippen LogP contribution in [0.3, 0.4) is 0 Å². The van der Waals surface area contributed by atoms with Crippen molar-refractivity contribution in [2.45, 2.75) is 12.8 Å². The first-order chi connectivity index (χ1) is 7.81. The molecule has 1 aliphatic heterocycles. The highest BCUT2D eigenvalue weighted by molar-refractivity contribution is 6.33. The number of amidine groups is 1. The topological polar surface area (TPSA) is 39.4 Å². The first kappa shape index (κ1) is 11.0. The van der Waals surface area contributed by atoms with Gasteiger partial charge in [-0.15, -0.1) is 0 Å². The molecule has 0 atom stereocenters. The summed E-state index contributed by atoms with van der Waals surface area (Å²) in [5.74, 6) is 0.464. The van der Waals surface area contributed by atoms with E-state index in [0.29, 0.717) is 16.5 Å². The lowest BCUT2D eigenvalue weighted by Crippen LogP contribution is -2.26. The van der Waals surface area contributed by atoms with Crippen LogP contribution in [0.4, 0.5) is 5.69 Å². The van der Waals surface area contributed by atoms with E-state index in [4.69, 9.17) is 16.9 Å². The summed E-state index contributed by atoms with van der Waals surface area (Å²) in [6.45, 7) is 1.83. The van der Waals surface area contributed by atoms with E-state index in [9.17, 15) is 0 Å². The van der Waals surface area contributed by atoms with E-state index >= 15 is 0 Å². The van der Waals surface area contributed by atoms with Crippen LogP contribution in [-0.4, -0.2) is 23.8 Å². The summed E-state index contributed by atoms with van der Waals surface area (Å²) >= 11 is 6.00. The smallest absolute Gasteiger partial charge is 0.209 e. The maximum Gasteiger partial charge on any atom is 0.209 e. The van der Waals surface area contributed by atoms with Gasteiger partial charge in [0, 0.05) is 13.1 Å². The van der Waals surface area contributed by atoms with E-state index < -0.39 is 0 Å². The quantitative estimate of drug-likeness (QED) is 0.553. The van der Waals surface area contributed by atoms with Crippen LogP contribution in [0, 0.1) is 11.3 Å². The standard InChI is InChI=1S/C12H12ClN3/c13-10-5-1-2-6-11(10)15-12(9-14)16-7-3-4-8-16/h1-2,5-6H,3-4,7-8H2. The van der Waals surface area contributed by atoms with E-state index in [1.165, 1.54) is 0 Å². The fourth-order valence-electron chi connectivity index (χ4n) is 1.75. The molecule has 1 aromatic carbocycles. The van der Waals surface area contributed by atoms with Gasteiger partial charge in [-0.3, -0.25) is 0 Å². The average molecular weight is 234 g/mol. The van der Waals surface area contributed by atoms with Crippen molar-refractivity contribution in [1.82, 2.24) is 4.90 Å². The predicted octanol–water partition coefficient (Wildman–Crippen LogP) is 2.99. The second-order valence-electron chi connectivity index (χ2n) is 3.69. The summed E-state index contributed by atoms with van der Waals surface area (Å²) in [6, 6.07) is 9.44. The Labute approximate surface area is 100.0 Å². The lowest BCUT2D eigenvalue weighted by molar-refractivity contribution is 0.524. The van der Waals surface area contributed by atoms with Crippen LogP contribution >= 0.6 is 11.6 Å². The molecule has 1 fully saturated rings. The van der Waals surface area contributed by atoms with E-state index in [1.807, 2.05) is 23.1 Å². The highest BCUT2D eigenvalue weighted by Crippen LogP contribution is 2.24. The molecule has 0 amide bonds. The second kappa shape index (κ2) is 5.00. The number of nitrogens with zero attached hydrogens (tertiary/aromatic N) is 3. The molecule has 4 heteroatoms. The van der Waals surface area contributed by atoms with Crippen molar-refractivity contribution in [1.29, 1.82) is 5.26 Å². The van der Waals surface area contributed by atoms with Gasteiger partial charge in [-0.05, 0) is 25.0 Å². The zero-order chi connectivity index (χ0) is 11.4. The molecular weight excluding hydrogens is 222 g/mol. The van der Waals surface area contributed by atoms with Crippen LogP contribution in [-0.2, 0) is 0 Å². The molecule has 2 rings (SSSR count). The summed E-state index contributed by atoms with van der Waals surface area (Å²) < 4.78 is 0. The number of aliphatic imine (C=N–C) groups is 1. The van der Waals surface area contributed by atoms with Crippen LogP contribution in [0.5, 0.6) is 0 Å². The van der Waals surface area contributed by atoms with Crippen LogP contribution < -0.4 is 0 Å². The Morgan fingerprint density at radius 1 is 1.31 bits per heavy atom. The molecular formula is C12H12ClN3. The zero-order valence-electron chi connectivity index (χ0n) is 8.86. The molecule has 0 bridgehead atoms. The fourth-order valence-corrected chi connectivity index (χ4v) is 1.93. The first-order valence-electron chi connectivity index (χ1n) is 5.29. The van der Waals surface area contributed by atoms with Crippen molar-refractivity contribution in [3.8, 4) is 6.07 Å². The summed E-state index contributed by atoms with van der Waals surface area (Å²) in [4.78, 5) is 6.31. The van der Waals surface area contributed by atoms with Gasteiger partial charge < -0.3 is 4.90 Å². The zero-order valence-corrected chi connectivity index (χ0v) is 9.61. The van der Waals surface area contributed by atoms with Gasteiger partial charge >= 0.3 is 0 Å². The molecule has 16 heavy (non-hydrogen) atoms. The number of nitriles is 1. The molecule has 0 radical (unpaired) electrons. The highest BCUT2D eigenvalue weighted by atomic mass is 35.5. The van der Waals surface area contributed by atoms with Crippen molar-refractivity contribution in [3.05, 3.63) is 29.3 Å². The largest absolute Gasteiger partial charge is 0.348 e. The number of halogens is 1. The maximum absolute atomic E-state index is 9.07. The molecule has 0 unspecified atom stereocenters. The van der Waals surface area contributed by atoms with E-state index in [0.717, 1.165) is 25.9 Å². The first-order valence-corrected chi connectivity index (χ1v) is 5.67. The van der Waals surface area contributed by atoms with Crippen molar-refractivity contribution < 1.29 is 0 Å². The van der Waals surface area contributed by atoms with Crippen LogP contribution in [0.15, 0.2) is 29.3 Å². The number of rotatable bonds is 1. The fraction of sp³-hybridized carbons (Fsp3) is 0.333. The van der Waals surface area contributed by atoms with Gasteiger partial charge in [-0.1, -0.05) is 23.7 Å². The number of hydrogen-bond acceptors (Lipinski definition) is 2. The summed E-state index contributed by atoms with van der Waals surface area (Å²) in [7, 11) is 0. The SMILES string of the molecule is N#CC(=Nc1ccccc1Cl)N1CCCC1. The van der Waals surface area contributed by atoms with Crippen LogP contribution in [0.1, 0.15) is 12.8 Å². The molecule has 0 N–H and O–H groups in total. The molecule has 1 saturated heterocycles. The second-order valence-corrected chi connectivity index (χ2v) is 4.10. The van der Waals surface area contributed by atoms with E-state index in [1.54, 1.807) is 6.07 Å². The number of likely N-dealkylation sites (tertiary alicyclic amines) is 1. The molecule has 1 heterocycles.